The third kappa shape index (κ3) is 4.41. The fraction of sp³-hybridized carbons (Fsp3) is 0.217. The lowest BCUT2D eigenvalue weighted by atomic mass is 10.2. The van der Waals surface area contributed by atoms with Gasteiger partial charge in [0.1, 0.15) is 11.5 Å². The van der Waals surface area contributed by atoms with Crippen LogP contribution in [0.4, 0.5) is 0 Å². The number of hydrogen-bond donors (Lipinski definition) is 1. The van der Waals surface area contributed by atoms with E-state index in [2.05, 4.69) is 56.1 Å². The van der Waals surface area contributed by atoms with Crippen LogP contribution < -0.4 is 14.9 Å². The lowest BCUT2D eigenvalue weighted by molar-refractivity contribution is 0.0952. The maximum absolute atomic E-state index is 12.5. The van der Waals surface area contributed by atoms with E-state index in [4.69, 9.17) is 9.47 Å². The zero-order valence-electron chi connectivity index (χ0n) is 17.6. The first kappa shape index (κ1) is 21.6. The number of aryl methyl sites for hydroxylation is 2. The minimum atomic E-state index is -0.359. The monoisotopic (exact) mass is 469 g/mol. The summed E-state index contributed by atoms with van der Waals surface area (Å²) in [7, 11) is 3.07. The maximum Gasteiger partial charge on any atom is 0.275 e. The molecule has 0 aliphatic carbocycles. The average molecular weight is 470 g/mol. The van der Waals surface area contributed by atoms with E-state index in [1.165, 1.54) is 12.7 Å². The van der Waals surface area contributed by atoms with Crippen LogP contribution in [0, 0.1) is 20.8 Å². The lowest BCUT2D eigenvalue weighted by Crippen LogP contribution is -2.18. The molecule has 156 valence electrons. The molecular weight excluding hydrogens is 446 g/mol. The second-order valence-electron chi connectivity index (χ2n) is 6.86. The van der Waals surface area contributed by atoms with E-state index in [-0.39, 0.29) is 5.91 Å². The van der Waals surface area contributed by atoms with E-state index in [9.17, 15) is 4.79 Å². The molecular formula is C23H24BrN3O3. The van der Waals surface area contributed by atoms with Gasteiger partial charge in [-0.1, -0.05) is 22.0 Å². The van der Waals surface area contributed by atoms with Crippen molar-refractivity contribution in [3.63, 3.8) is 0 Å². The first-order valence-corrected chi connectivity index (χ1v) is 10.2. The predicted octanol–water partition coefficient (Wildman–Crippen LogP) is 4.95. The number of hydrogen-bond acceptors (Lipinski definition) is 4. The molecule has 0 radical (unpaired) electrons. The van der Waals surface area contributed by atoms with E-state index >= 15 is 0 Å². The molecule has 6 nitrogen and oxygen atoms in total. The molecule has 1 N–H and O–H groups in total. The Morgan fingerprint density at radius 3 is 2.50 bits per heavy atom. The lowest BCUT2D eigenvalue weighted by Gasteiger charge is -2.11. The van der Waals surface area contributed by atoms with Gasteiger partial charge in [-0.3, -0.25) is 4.79 Å². The van der Waals surface area contributed by atoms with Gasteiger partial charge in [-0.2, -0.15) is 5.10 Å². The second kappa shape index (κ2) is 9.17. The SMILES string of the molecule is COc1ccc(C(=O)NN=Cc2cc(C)n(-c3ccc(C)c(Br)c3)c2C)c(OC)c1. The molecule has 0 unspecified atom stereocenters. The van der Waals surface area contributed by atoms with Gasteiger partial charge in [0.15, 0.2) is 0 Å². The smallest absolute Gasteiger partial charge is 0.275 e. The number of aromatic nitrogens is 1. The van der Waals surface area contributed by atoms with Gasteiger partial charge in [0.2, 0.25) is 0 Å². The number of ether oxygens (including phenoxy) is 2. The number of nitrogens with one attached hydrogen (secondary N) is 1. The molecule has 7 heteroatoms. The number of nitrogens with zero attached hydrogens (tertiary/aromatic N) is 2. The summed E-state index contributed by atoms with van der Waals surface area (Å²) < 4.78 is 13.7. The Kier molecular flexibility index (Phi) is 6.62. The quantitative estimate of drug-likeness (QED) is 0.410. The van der Waals surface area contributed by atoms with Crippen LogP contribution in [0.1, 0.15) is 32.9 Å². The van der Waals surface area contributed by atoms with Gasteiger partial charge in [-0.25, -0.2) is 5.43 Å². The molecule has 3 rings (SSSR count). The van der Waals surface area contributed by atoms with Crippen LogP contribution in [0.2, 0.25) is 0 Å². The number of benzene rings is 2. The molecule has 0 atom stereocenters. The van der Waals surface area contributed by atoms with E-state index in [0.29, 0.717) is 17.1 Å². The topological polar surface area (TPSA) is 64.8 Å². The number of rotatable bonds is 6. The number of carbonyl (C=O) groups is 1. The van der Waals surface area contributed by atoms with Crippen molar-refractivity contribution in [1.82, 2.24) is 9.99 Å². The average Bonchev–Trinajstić information content (AvgIpc) is 3.02. The summed E-state index contributed by atoms with van der Waals surface area (Å²) in [4.78, 5) is 12.5. The Bertz CT molecular complexity index is 1120. The first-order valence-electron chi connectivity index (χ1n) is 9.36. The van der Waals surface area contributed by atoms with Crippen LogP contribution in [0.5, 0.6) is 11.5 Å². The summed E-state index contributed by atoms with van der Waals surface area (Å²) in [5.74, 6) is 0.675. The van der Waals surface area contributed by atoms with Gasteiger partial charge in [-0.15, -0.1) is 0 Å². The molecule has 1 aromatic heterocycles. The molecule has 30 heavy (non-hydrogen) atoms. The highest BCUT2D eigenvalue weighted by atomic mass is 79.9. The number of halogens is 1. The van der Waals surface area contributed by atoms with Crippen LogP contribution in [0.15, 0.2) is 52.0 Å². The van der Waals surface area contributed by atoms with Gasteiger partial charge >= 0.3 is 0 Å². The van der Waals surface area contributed by atoms with Gasteiger partial charge < -0.3 is 14.0 Å². The largest absolute Gasteiger partial charge is 0.497 e. The molecule has 0 saturated heterocycles. The fourth-order valence-corrected chi connectivity index (χ4v) is 3.61. The van der Waals surface area contributed by atoms with E-state index < -0.39 is 0 Å². The van der Waals surface area contributed by atoms with Gasteiger partial charge in [-0.05, 0) is 56.7 Å². The molecule has 3 aromatic rings. The summed E-state index contributed by atoms with van der Waals surface area (Å²) in [5, 5.41) is 4.14. The number of hydrazone groups is 1. The van der Waals surface area contributed by atoms with Crippen LogP contribution in [-0.2, 0) is 0 Å². The summed E-state index contributed by atoms with van der Waals surface area (Å²) in [6.45, 7) is 6.12. The second-order valence-corrected chi connectivity index (χ2v) is 7.72. The number of amides is 1. The highest BCUT2D eigenvalue weighted by molar-refractivity contribution is 9.10. The molecule has 2 aromatic carbocycles. The highest BCUT2D eigenvalue weighted by Crippen LogP contribution is 2.25. The molecule has 1 heterocycles. The Morgan fingerprint density at radius 1 is 1.07 bits per heavy atom. The van der Waals surface area contributed by atoms with Crippen LogP contribution in [0.25, 0.3) is 5.69 Å². The van der Waals surface area contributed by atoms with Crippen molar-refractivity contribution in [1.29, 1.82) is 0 Å². The van der Waals surface area contributed by atoms with Crippen molar-refractivity contribution >= 4 is 28.1 Å². The van der Waals surface area contributed by atoms with Gasteiger partial charge in [0.25, 0.3) is 5.91 Å². The standard InChI is InChI=1S/C23H24BrN3O3/c1-14-6-7-18(11-21(14)24)27-15(2)10-17(16(27)3)13-25-26-23(28)20-9-8-19(29-4)12-22(20)30-5/h6-13H,1-5H3,(H,26,28). The zero-order chi connectivity index (χ0) is 21.8. The molecule has 1 amide bonds. The molecule has 0 fully saturated rings. The molecule has 0 aliphatic heterocycles. The Hall–Kier alpha value is -3.06. The summed E-state index contributed by atoms with van der Waals surface area (Å²) in [6, 6.07) is 13.3. The van der Waals surface area contributed by atoms with E-state index in [0.717, 1.165) is 27.1 Å². The van der Waals surface area contributed by atoms with Crippen molar-refractivity contribution in [3.8, 4) is 17.2 Å². The highest BCUT2D eigenvalue weighted by Gasteiger charge is 2.13. The minimum absolute atomic E-state index is 0.359. The Morgan fingerprint density at radius 2 is 1.83 bits per heavy atom. The third-order valence-corrected chi connectivity index (χ3v) is 5.76. The Labute approximate surface area is 184 Å². The molecule has 0 aliphatic rings. The van der Waals surface area contributed by atoms with Gasteiger partial charge in [0.05, 0.1) is 26.0 Å². The van der Waals surface area contributed by atoms with Crippen LogP contribution >= 0.6 is 15.9 Å². The summed E-state index contributed by atoms with van der Waals surface area (Å²) in [6.07, 6.45) is 1.65. The predicted molar refractivity (Wildman–Crippen MR) is 122 cm³/mol. The van der Waals surface area contributed by atoms with E-state index in [1.807, 2.05) is 19.9 Å². The van der Waals surface area contributed by atoms with Crippen molar-refractivity contribution in [2.75, 3.05) is 14.2 Å². The fourth-order valence-electron chi connectivity index (χ4n) is 3.24. The Balaban J connectivity index is 1.80. The van der Waals surface area contributed by atoms with Crippen molar-refractivity contribution in [3.05, 3.63) is 75.0 Å². The van der Waals surface area contributed by atoms with Crippen molar-refractivity contribution in [2.24, 2.45) is 5.10 Å². The number of methoxy groups -OCH3 is 2. The molecule has 0 spiro atoms. The third-order valence-electron chi connectivity index (χ3n) is 4.91. The number of carbonyl (C=O) groups excluding carboxylic acids is 1. The van der Waals surface area contributed by atoms with Crippen LogP contribution in [0.3, 0.4) is 0 Å². The van der Waals surface area contributed by atoms with Crippen molar-refractivity contribution < 1.29 is 14.3 Å². The van der Waals surface area contributed by atoms with Crippen LogP contribution in [-0.4, -0.2) is 30.9 Å². The molecule has 0 bridgehead atoms. The summed E-state index contributed by atoms with van der Waals surface area (Å²) >= 11 is 3.59. The van der Waals surface area contributed by atoms with Crippen molar-refractivity contribution in [2.45, 2.75) is 20.8 Å². The summed E-state index contributed by atoms with van der Waals surface area (Å²) in [5.41, 5.74) is 8.22. The minimum Gasteiger partial charge on any atom is -0.497 e. The van der Waals surface area contributed by atoms with Gasteiger partial charge in [0, 0.05) is 33.2 Å². The first-order chi connectivity index (χ1) is 14.3. The maximum atomic E-state index is 12.5. The van der Waals surface area contributed by atoms with E-state index in [1.54, 1.807) is 31.5 Å². The normalized spacial score (nSPS) is 11.0. The molecule has 0 saturated carbocycles. The zero-order valence-corrected chi connectivity index (χ0v) is 19.2.